The Bertz CT molecular complexity index is 618. The molecule has 0 aromatic heterocycles. The molecule has 0 saturated carbocycles. The van der Waals surface area contributed by atoms with Crippen molar-refractivity contribution >= 4 is 11.8 Å². The molecule has 0 radical (unpaired) electrons. The molecule has 7 nitrogen and oxygen atoms in total. The van der Waals surface area contributed by atoms with E-state index < -0.39 is 0 Å². The molecule has 1 fully saturated rings. The molecule has 2 rings (SSSR count). The summed E-state index contributed by atoms with van der Waals surface area (Å²) in [6, 6.07) is 5.23. The van der Waals surface area contributed by atoms with E-state index in [2.05, 4.69) is 10.6 Å². The molecular weight excluding hydrogens is 322 g/mol. The van der Waals surface area contributed by atoms with Gasteiger partial charge in [-0.2, -0.15) is 0 Å². The van der Waals surface area contributed by atoms with Crippen molar-refractivity contribution in [3.63, 3.8) is 0 Å². The SMILES string of the molecule is COc1cc(C(=O)N2CCNC[C@H]2C)ccc1OCC(=O)NC(C)C. The number of methoxy groups -OCH3 is 1. The molecule has 138 valence electrons. The minimum Gasteiger partial charge on any atom is -0.493 e. The largest absolute Gasteiger partial charge is 0.493 e. The number of nitrogens with one attached hydrogen (secondary N) is 2. The van der Waals surface area contributed by atoms with Crippen LogP contribution < -0.4 is 20.1 Å². The van der Waals surface area contributed by atoms with Gasteiger partial charge in [-0.25, -0.2) is 0 Å². The first-order valence-corrected chi connectivity index (χ1v) is 8.54. The molecular formula is C18H27N3O4. The number of rotatable bonds is 6. The standard InChI is InChI=1S/C18H27N3O4/c1-12(2)20-17(22)11-25-15-6-5-14(9-16(15)24-4)18(23)21-8-7-19-10-13(21)3/h5-6,9,12-13,19H,7-8,10-11H2,1-4H3,(H,20,22)/t13-/m1/s1. The van der Waals surface area contributed by atoms with Crippen LogP contribution in [0.5, 0.6) is 11.5 Å². The van der Waals surface area contributed by atoms with Gasteiger partial charge in [-0.15, -0.1) is 0 Å². The van der Waals surface area contributed by atoms with Gasteiger partial charge < -0.3 is 25.0 Å². The van der Waals surface area contributed by atoms with Crippen molar-refractivity contribution in [2.45, 2.75) is 32.9 Å². The van der Waals surface area contributed by atoms with Crippen LogP contribution in [0.3, 0.4) is 0 Å². The number of nitrogens with zero attached hydrogens (tertiary/aromatic N) is 1. The quantitative estimate of drug-likeness (QED) is 0.802. The molecule has 2 N–H and O–H groups in total. The van der Waals surface area contributed by atoms with Gasteiger partial charge in [0.25, 0.3) is 11.8 Å². The van der Waals surface area contributed by atoms with E-state index in [1.165, 1.54) is 7.11 Å². The third-order valence-electron chi connectivity index (χ3n) is 3.98. The maximum absolute atomic E-state index is 12.7. The van der Waals surface area contributed by atoms with Gasteiger partial charge in [-0.1, -0.05) is 0 Å². The zero-order chi connectivity index (χ0) is 18.4. The van der Waals surface area contributed by atoms with Gasteiger partial charge in [0, 0.05) is 37.3 Å². The van der Waals surface area contributed by atoms with E-state index in [0.717, 1.165) is 13.1 Å². The first kappa shape index (κ1) is 19.1. The fourth-order valence-electron chi connectivity index (χ4n) is 2.74. The second kappa shape index (κ2) is 8.71. The lowest BCUT2D eigenvalue weighted by Gasteiger charge is -2.34. The Labute approximate surface area is 148 Å². The first-order valence-electron chi connectivity index (χ1n) is 8.54. The molecule has 0 bridgehead atoms. The monoisotopic (exact) mass is 349 g/mol. The van der Waals surface area contributed by atoms with Crippen LogP contribution in [0.4, 0.5) is 0 Å². The maximum atomic E-state index is 12.7. The highest BCUT2D eigenvalue weighted by Crippen LogP contribution is 2.29. The van der Waals surface area contributed by atoms with Gasteiger partial charge in [0.2, 0.25) is 0 Å². The summed E-state index contributed by atoms with van der Waals surface area (Å²) < 4.78 is 10.8. The molecule has 0 unspecified atom stereocenters. The maximum Gasteiger partial charge on any atom is 0.258 e. The Morgan fingerprint density at radius 3 is 2.76 bits per heavy atom. The molecule has 1 aliphatic heterocycles. The highest BCUT2D eigenvalue weighted by molar-refractivity contribution is 5.95. The smallest absolute Gasteiger partial charge is 0.258 e. The summed E-state index contributed by atoms with van der Waals surface area (Å²) >= 11 is 0. The molecule has 2 amide bonds. The Morgan fingerprint density at radius 2 is 2.12 bits per heavy atom. The molecule has 1 aromatic rings. The van der Waals surface area contributed by atoms with Gasteiger partial charge in [0.05, 0.1) is 7.11 Å². The Balaban J connectivity index is 2.07. The third kappa shape index (κ3) is 5.09. The lowest BCUT2D eigenvalue weighted by molar-refractivity contribution is -0.123. The molecule has 25 heavy (non-hydrogen) atoms. The Morgan fingerprint density at radius 1 is 1.36 bits per heavy atom. The number of carbonyl (C=O) groups is 2. The average Bonchev–Trinajstić information content (AvgIpc) is 2.59. The predicted molar refractivity (Wildman–Crippen MR) is 95.1 cm³/mol. The third-order valence-corrected chi connectivity index (χ3v) is 3.98. The van der Waals surface area contributed by atoms with Crippen LogP contribution in [0.2, 0.25) is 0 Å². The minimum atomic E-state index is -0.202. The summed E-state index contributed by atoms with van der Waals surface area (Å²) in [6.07, 6.45) is 0. The highest BCUT2D eigenvalue weighted by atomic mass is 16.5. The minimum absolute atomic E-state index is 0.0311. The normalized spacial score (nSPS) is 17.3. The molecule has 1 heterocycles. The number of ether oxygens (including phenoxy) is 2. The van der Waals surface area contributed by atoms with E-state index in [1.54, 1.807) is 18.2 Å². The molecule has 1 saturated heterocycles. The average molecular weight is 349 g/mol. The van der Waals surface area contributed by atoms with E-state index in [0.29, 0.717) is 23.6 Å². The zero-order valence-corrected chi connectivity index (χ0v) is 15.3. The van der Waals surface area contributed by atoms with Crippen LogP contribution in [-0.2, 0) is 4.79 Å². The van der Waals surface area contributed by atoms with Crippen LogP contribution in [0, 0.1) is 0 Å². The fraction of sp³-hybridized carbons (Fsp3) is 0.556. The Kier molecular flexibility index (Phi) is 6.64. The van der Waals surface area contributed by atoms with Crippen molar-refractivity contribution in [3.8, 4) is 11.5 Å². The van der Waals surface area contributed by atoms with Crippen LogP contribution >= 0.6 is 0 Å². The van der Waals surface area contributed by atoms with Gasteiger partial charge in [-0.05, 0) is 39.0 Å². The van der Waals surface area contributed by atoms with Gasteiger partial charge in [-0.3, -0.25) is 9.59 Å². The molecule has 1 aromatic carbocycles. The predicted octanol–water partition coefficient (Wildman–Crippen LogP) is 1.03. The molecule has 7 heteroatoms. The van der Waals surface area contributed by atoms with Gasteiger partial charge in [0.15, 0.2) is 18.1 Å². The van der Waals surface area contributed by atoms with Crippen molar-refractivity contribution in [1.82, 2.24) is 15.5 Å². The number of amides is 2. The zero-order valence-electron chi connectivity index (χ0n) is 15.3. The van der Waals surface area contributed by atoms with Crippen molar-refractivity contribution in [2.24, 2.45) is 0 Å². The number of piperazine rings is 1. The summed E-state index contributed by atoms with van der Waals surface area (Å²) in [4.78, 5) is 26.3. The van der Waals surface area contributed by atoms with Crippen LogP contribution in [0.15, 0.2) is 18.2 Å². The van der Waals surface area contributed by atoms with E-state index in [4.69, 9.17) is 9.47 Å². The number of carbonyl (C=O) groups excluding carboxylic acids is 2. The van der Waals surface area contributed by atoms with E-state index in [-0.39, 0.29) is 30.5 Å². The summed E-state index contributed by atoms with van der Waals surface area (Å²) in [6.45, 7) is 7.94. The lowest BCUT2D eigenvalue weighted by atomic mass is 10.1. The highest BCUT2D eigenvalue weighted by Gasteiger charge is 2.24. The second-order valence-corrected chi connectivity index (χ2v) is 6.43. The second-order valence-electron chi connectivity index (χ2n) is 6.43. The van der Waals surface area contributed by atoms with E-state index in [1.807, 2.05) is 25.7 Å². The molecule has 1 atom stereocenters. The summed E-state index contributed by atoms with van der Waals surface area (Å²) in [5.74, 6) is 0.639. The topological polar surface area (TPSA) is 79.9 Å². The van der Waals surface area contributed by atoms with Crippen LogP contribution in [-0.4, -0.2) is 62.1 Å². The van der Waals surface area contributed by atoms with Crippen molar-refractivity contribution in [1.29, 1.82) is 0 Å². The molecule has 1 aliphatic rings. The Hall–Kier alpha value is -2.28. The summed E-state index contributed by atoms with van der Waals surface area (Å²) in [5, 5.41) is 6.02. The lowest BCUT2D eigenvalue weighted by Crippen LogP contribution is -2.52. The number of benzene rings is 1. The van der Waals surface area contributed by atoms with Crippen molar-refractivity contribution < 1.29 is 19.1 Å². The van der Waals surface area contributed by atoms with Gasteiger partial charge in [0.1, 0.15) is 0 Å². The summed E-state index contributed by atoms with van der Waals surface area (Å²) in [7, 11) is 1.51. The van der Waals surface area contributed by atoms with Gasteiger partial charge >= 0.3 is 0 Å². The fourth-order valence-corrected chi connectivity index (χ4v) is 2.74. The van der Waals surface area contributed by atoms with Crippen LogP contribution in [0.1, 0.15) is 31.1 Å². The number of hydrogen-bond donors (Lipinski definition) is 2. The van der Waals surface area contributed by atoms with E-state index in [9.17, 15) is 9.59 Å². The van der Waals surface area contributed by atoms with Crippen LogP contribution in [0.25, 0.3) is 0 Å². The summed E-state index contributed by atoms with van der Waals surface area (Å²) in [5.41, 5.74) is 0.546. The first-order chi connectivity index (χ1) is 11.9. The van der Waals surface area contributed by atoms with Crippen molar-refractivity contribution in [2.75, 3.05) is 33.4 Å². The molecule has 0 spiro atoms. The number of hydrogen-bond acceptors (Lipinski definition) is 5. The van der Waals surface area contributed by atoms with E-state index >= 15 is 0 Å². The van der Waals surface area contributed by atoms with Crippen molar-refractivity contribution in [3.05, 3.63) is 23.8 Å². The molecule has 0 aliphatic carbocycles.